The Labute approximate surface area is 208 Å². The quantitative estimate of drug-likeness (QED) is 0.266. The molecular formula is C24H25Cl2N5OS. The van der Waals surface area contributed by atoms with Gasteiger partial charge in [0.05, 0.1) is 10.7 Å². The number of amides is 1. The third-order valence-electron chi connectivity index (χ3n) is 5.42. The first kappa shape index (κ1) is 23.7. The zero-order valence-electron chi connectivity index (χ0n) is 18.5. The molecule has 172 valence electrons. The minimum Gasteiger partial charge on any atom is -0.367 e. The van der Waals surface area contributed by atoms with Gasteiger partial charge in [0.15, 0.2) is 5.16 Å². The number of piperazine rings is 1. The van der Waals surface area contributed by atoms with E-state index < -0.39 is 0 Å². The Morgan fingerprint density at radius 2 is 1.76 bits per heavy atom. The van der Waals surface area contributed by atoms with Crippen LogP contribution in [-0.4, -0.2) is 61.0 Å². The molecule has 33 heavy (non-hydrogen) atoms. The molecule has 0 spiro atoms. The maximum absolute atomic E-state index is 13.1. The Hall–Kier alpha value is -2.48. The van der Waals surface area contributed by atoms with E-state index in [1.165, 1.54) is 11.8 Å². The third kappa shape index (κ3) is 5.91. The summed E-state index contributed by atoms with van der Waals surface area (Å²) in [5.74, 6) is 1.46. The second kappa shape index (κ2) is 10.6. The van der Waals surface area contributed by atoms with Crippen LogP contribution in [0, 0.1) is 0 Å². The summed E-state index contributed by atoms with van der Waals surface area (Å²) in [6.07, 6.45) is 0. The van der Waals surface area contributed by atoms with E-state index in [0.29, 0.717) is 34.7 Å². The number of carbonyl (C=O) groups is 1. The zero-order chi connectivity index (χ0) is 23.4. The van der Waals surface area contributed by atoms with E-state index in [1.807, 2.05) is 72.4 Å². The Kier molecular flexibility index (Phi) is 7.63. The molecule has 2 aromatic carbocycles. The molecule has 1 amide bonds. The number of halogens is 2. The van der Waals surface area contributed by atoms with Gasteiger partial charge < -0.3 is 14.7 Å². The lowest BCUT2D eigenvalue weighted by molar-refractivity contribution is 0.0746. The summed E-state index contributed by atoms with van der Waals surface area (Å²) < 4.78 is 0. The molecular weight excluding hydrogens is 477 g/mol. The van der Waals surface area contributed by atoms with Crippen LogP contribution in [0.25, 0.3) is 0 Å². The number of anilines is 2. The SMILES string of the molecule is CN(C)c1cc(Cl)nc(SCc2cccc(C(=O)N3CCN(c4ccccc4Cl)CC3)c2)n1. The maximum Gasteiger partial charge on any atom is 0.253 e. The highest BCUT2D eigenvalue weighted by Gasteiger charge is 2.23. The average Bonchev–Trinajstić information content (AvgIpc) is 2.82. The molecule has 1 saturated heterocycles. The second-order valence-electron chi connectivity index (χ2n) is 7.95. The van der Waals surface area contributed by atoms with Crippen molar-refractivity contribution in [1.82, 2.24) is 14.9 Å². The standard InChI is InChI=1S/C24H25Cl2N5OS/c1-29(2)22-15-21(26)27-24(28-22)33-16-17-6-5-7-18(14-17)23(32)31-12-10-30(11-13-31)20-9-4-3-8-19(20)25/h3-9,14-15H,10-13,16H2,1-2H3. The summed E-state index contributed by atoms with van der Waals surface area (Å²) in [6, 6.07) is 17.3. The lowest BCUT2D eigenvalue weighted by atomic mass is 10.1. The van der Waals surface area contributed by atoms with Crippen molar-refractivity contribution in [2.24, 2.45) is 0 Å². The second-order valence-corrected chi connectivity index (χ2v) is 9.68. The van der Waals surface area contributed by atoms with E-state index in [0.717, 1.165) is 35.2 Å². The molecule has 1 aliphatic heterocycles. The Bertz CT molecular complexity index is 1140. The van der Waals surface area contributed by atoms with E-state index in [-0.39, 0.29) is 5.91 Å². The molecule has 0 unspecified atom stereocenters. The topological polar surface area (TPSA) is 52.6 Å². The van der Waals surface area contributed by atoms with E-state index in [2.05, 4.69) is 14.9 Å². The van der Waals surface area contributed by atoms with Gasteiger partial charge in [-0.3, -0.25) is 4.79 Å². The first-order valence-electron chi connectivity index (χ1n) is 10.6. The van der Waals surface area contributed by atoms with Crippen molar-refractivity contribution >= 4 is 52.4 Å². The predicted octanol–water partition coefficient (Wildman–Crippen LogP) is 5.10. The molecule has 0 bridgehead atoms. The van der Waals surface area contributed by atoms with Crippen molar-refractivity contribution in [2.75, 3.05) is 50.1 Å². The fraction of sp³-hybridized carbons (Fsp3) is 0.292. The first-order chi connectivity index (χ1) is 15.9. The van der Waals surface area contributed by atoms with Crippen LogP contribution in [-0.2, 0) is 5.75 Å². The van der Waals surface area contributed by atoms with Gasteiger partial charge in [-0.15, -0.1) is 0 Å². The first-order valence-corrected chi connectivity index (χ1v) is 12.4. The van der Waals surface area contributed by atoms with E-state index >= 15 is 0 Å². The van der Waals surface area contributed by atoms with E-state index in [9.17, 15) is 4.79 Å². The molecule has 2 heterocycles. The molecule has 0 aliphatic carbocycles. The van der Waals surface area contributed by atoms with Gasteiger partial charge in [0.1, 0.15) is 11.0 Å². The van der Waals surface area contributed by atoms with Crippen LogP contribution in [0.3, 0.4) is 0 Å². The van der Waals surface area contributed by atoms with Crippen LogP contribution in [0.5, 0.6) is 0 Å². The fourth-order valence-electron chi connectivity index (χ4n) is 3.66. The summed E-state index contributed by atoms with van der Waals surface area (Å²) >= 11 is 14.0. The van der Waals surface area contributed by atoms with E-state index in [1.54, 1.807) is 6.07 Å². The highest BCUT2D eigenvalue weighted by Crippen LogP contribution is 2.27. The molecule has 1 aliphatic rings. The largest absolute Gasteiger partial charge is 0.367 e. The highest BCUT2D eigenvalue weighted by atomic mass is 35.5. The Balaban J connectivity index is 1.38. The summed E-state index contributed by atoms with van der Waals surface area (Å²) in [4.78, 5) is 28.0. The third-order valence-corrected chi connectivity index (χ3v) is 6.85. The van der Waals surface area contributed by atoms with Gasteiger partial charge in [-0.2, -0.15) is 0 Å². The molecule has 1 fully saturated rings. The molecule has 4 rings (SSSR count). The van der Waals surface area contributed by atoms with Crippen molar-refractivity contribution in [3.05, 3.63) is 75.9 Å². The number of hydrogen-bond acceptors (Lipinski definition) is 6. The molecule has 0 atom stereocenters. The molecule has 0 radical (unpaired) electrons. The minimum atomic E-state index is 0.0505. The summed E-state index contributed by atoms with van der Waals surface area (Å²) in [5.41, 5.74) is 2.75. The normalized spacial score (nSPS) is 13.8. The molecule has 0 N–H and O–H groups in total. The molecule has 1 aromatic heterocycles. The van der Waals surface area contributed by atoms with Crippen molar-refractivity contribution < 1.29 is 4.79 Å². The highest BCUT2D eigenvalue weighted by molar-refractivity contribution is 7.98. The van der Waals surface area contributed by atoms with Gasteiger partial charge in [-0.25, -0.2) is 9.97 Å². The van der Waals surface area contributed by atoms with Crippen LogP contribution >= 0.6 is 35.0 Å². The Morgan fingerprint density at radius 3 is 2.48 bits per heavy atom. The van der Waals surface area contributed by atoms with E-state index in [4.69, 9.17) is 23.2 Å². The van der Waals surface area contributed by atoms with Gasteiger partial charge in [0, 0.05) is 57.7 Å². The number of thioether (sulfide) groups is 1. The number of aromatic nitrogens is 2. The zero-order valence-corrected chi connectivity index (χ0v) is 20.9. The number of nitrogens with zero attached hydrogens (tertiary/aromatic N) is 5. The lowest BCUT2D eigenvalue weighted by Crippen LogP contribution is -2.48. The van der Waals surface area contributed by atoms with Crippen LogP contribution < -0.4 is 9.80 Å². The predicted molar refractivity (Wildman–Crippen MR) is 137 cm³/mol. The maximum atomic E-state index is 13.1. The smallest absolute Gasteiger partial charge is 0.253 e. The monoisotopic (exact) mass is 501 g/mol. The average molecular weight is 502 g/mol. The van der Waals surface area contributed by atoms with Gasteiger partial charge >= 0.3 is 0 Å². The van der Waals surface area contributed by atoms with Crippen molar-refractivity contribution in [3.8, 4) is 0 Å². The van der Waals surface area contributed by atoms with Crippen molar-refractivity contribution in [1.29, 1.82) is 0 Å². The van der Waals surface area contributed by atoms with Crippen LogP contribution in [0.1, 0.15) is 15.9 Å². The summed E-state index contributed by atoms with van der Waals surface area (Å²) in [6.45, 7) is 2.83. The fourth-order valence-corrected chi connectivity index (χ4v) is 4.94. The number of hydrogen-bond donors (Lipinski definition) is 0. The van der Waals surface area contributed by atoms with Crippen LogP contribution in [0.15, 0.2) is 59.8 Å². The molecule has 9 heteroatoms. The van der Waals surface area contributed by atoms with Gasteiger partial charge in [0.2, 0.25) is 0 Å². The van der Waals surface area contributed by atoms with Crippen LogP contribution in [0.2, 0.25) is 10.2 Å². The number of carbonyl (C=O) groups excluding carboxylic acids is 1. The Morgan fingerprint density at radius 1 is 1.00 bits per heavy atom. The number of benzene rings is 2. The summed E-state index contributed by atoms with van der Waals surface area (Å²) in [7, 11) is 3.83. The lowest BCUT2D eigenvalue weighted by Gasteiger charge is -2.36. The van der Waals surface area contributed by atoms with Gasteiger partial charge in [-0.05, 0) is 29.8 Å². The summed E-state index contributed by atoms with van der Waals surface area (Å²) in [5, 5.41) is 1.76. The number of para-hydroxylation sites is 1. The van der Waals surface area contributed by atoms with Gasteiger partial charge in [0.25, 0.3) is 5.91 Å². The van der Waals surface area contributed by atoms with Gasteiger partial charge in [-0.1, -0.05) is 59.2 Å². The minimum absolute atomic E-state index is 0.0505. The number of rotatable bonds is 6. The van der Waals surface area contributed by atoms with Crippen LogP contribution in [0.4, 0.5) is 11.5 Å². The van der Waals surface area contributed by atoms with Crippen molar-refractivity contribution in [2.45, 2.75) is 10.9 Å². The molecule has 0 saturated carbocycles. The molecule has 3 aromatic rings. The molecule has 6 nitrogen and oxygen atoms in total. The van der Waals surface area contributed by atoms with Crippen molar-refractivity contribution in [3.63, 3.8) is 0 Å².